The Balaban J connectivity index is 1.76. The fraction of sp³-hybridized carbons (Fsp3) is 0.581. The van der Waals surface area contributed by atoms with E-state index in [2.05, 4.69) is 13.8 Å². The van der Waals surface area contributed by atoms with Crippen LogP contribution in [0.3, 0.4) is 0 Å². The largest absolute Gasteiger partial charge is 0.508 e. The van der Waals surface area contributed by atoms with Gasteiger partial charge in [0, 0.05) is 29.2 Å². The quantitative estimate of drug-likeness (QED) is 0.0284. The molecular weight excluding hydrogens is 623 g/mol. The van der Waals surface area contributed by atoms with Crippen LogP contribution in [0.4, 0.5) is 0 Å². The van der Waals surface area contributed by atoms with Gasteiger partial charge in [-0.1, -0.05) is 154 Å². The Bertz CT molecular complexity index is 1290. The van der Waals surface area contributed by atoms with E-state index < -0.39 is 13.0 Å². The molecule has 50 heavy (non-hydrogen) atoms. The number of phenols is 4. The van der Waals surface area contributed by atoms with E-state index in [1.807, 2.05) is 12.1 Å². The van der Waals surface area contributed by atoms with Gasteiger partial charge in [0.15, 0.2) is 0 Å². The van der Waals surface area contributed by atoms with E-state index in [0.717, 1.165) is 55.2 Å². The van der Waals surface area contributed by atoms with Gasteiger partial charge in [0.25, 0.3) is 0 Å². The maximum atomic E-state index is 11.2. The zero-order valence-electron chi connectivity index (χ0n) is 31.0. The average Bonchev–Trinajstić information content (AvgIpc) is 3.09. The molecule has 0 amide bonds. The third-order valence-electron chi connectivity index (χ3n) is 10.2. The van der Waals surface area contributed by atoms with E-state index >= 15 is 0 Å². The average molecular weight is 689 g/mol. The van der Waals surface area contributed by atoms with Crippen molar-refractivity contribution in [2.24, 2.45) is 0 Å². The Morgan fingerprint density at radius 3 is 1.12 bits per heavy atom. The minimum atomic E-state index is -1.62. The van der Waals surface area contributed by atoms with Crippen LogP contribution in [0.15, 0.2) is 48.5 Å². The lowest BCUT2D eigenvalue weighted by molar-refractivity contribution is 0.425. The van der Waals surface area contributed by atoms with Crippen molar-refractivity contribution in [2.75, 3.05) is 0 Å². The van der Waals surface area contributed by atoms with Crippen molar-refractivity contribution >= 4 is 12.6 Å². The zero-order chi connectivity index (χ0) is 36.1. The first-order valence-corrected chi connectivity index (χ1v) is 19.8. The van der Waals surface area contributed by atoms with Crippen LogP contribution in [0.2, 0.25) is 0 Å². The minimum Gasteiger partial charge on any atom is -0.508 e. The second-order valence-electron chi connectivity index (χ2n) is 14.4. The molecule has 3 aromatic rings. The van der Waals surface area contributed by atoms with E-state index in [9.17, 15) is 30.5 Å². The van der Waals surface area contributed by atoms with Gasteiger partial charge in [-0.05, 0) is 60.0 Å². The first-order chi connectivity index (χ1) is 24.3. The Hall–Kier alpha value is -3.16. The summed E-state index contributed by atoms with van der Waals surface area (Å²) in [5.41, 5.74) is 3.62. The van der Waals surface area contributed by atoms with E-state index in [1.54, 1.807) is 24.3 Å². The summed E-state index contributed by atoms with van der Waals surface area (Å²) in [5, 5.41) is 63.6. The second-order valence-corrected chi connectivity index (χ2v) is 14.4. The monoisotopic (exact) mass is 688 g/mol. The molecule has 3 rings (SSSR count). The highest BCUT2D eigenvalue weighted by Gasteiger charge is 2.26. The van der Waals surface area contributed by atoms with Crippen LogP contribution in [0.25, 0.3) is 0 Å². The molecule has 0 saturated heterocycles. The number of phenolic OH excluding ortho intramolecular Hbond substituents is 4. The number of aryl methyl sites for hydroxylation is 2. The number of rotatable bonds is 26. The van der Waals surface area contributed by atoms with Crippen LogP contribution in [0, 0.1) is 0 Å². The molecule has 0 radical (unpaired) electrons. The maximum Gasteiger partial charge on any atom is 0.488 e. The first kappa shape index (κ1) is 41.3. The van der Waals surface area contributed by atoms with Crippen LogP contribution in [-0.2, 0) is 12.8 Å². The number of unbranched alkanes of at least 4 members (excludes halogenated alkanes) is 18. The van der Waals surface area contributed by atoms with Crippen molar-refractivity contribution in [2.45, 2.75) is 161 Å². The van der Waals surface area contributed by atoms with Crippen molar-refractivity contribution in [1.29, 1.82) is 0 Å². The fourth-order valence-corrected chi connectivity index (χ4v) is 7.14. The standard InChI is InChI=1S/C43H65BO6/c1-3-5-7-9-11-13-15-17-19-21-23-34-29-37(41(47)31-39(34)45)43(33-25-27-36(28-26-33)44(49)50)38-30-35(40(46)32-42(38)48)24-22-20-18-16-14-12-10-8-6-4-2/h25-32,43,45-50H,3-24H2,1-2H3. The summed E-state index contributed by atoms with van der Waals surface area (Å²) in [6.45, 7) is 4.48. The van der Waals surface area contributed by atoms with Gasteiger partial charge in [0.05, 0.1) is 0 Å². The normalized spacial score (nSPS) is 11.5. The van der Waals surface area contributed by atoms with Gasteiger partial charge >= 0.3 is 7.12 Å². The predicted molar refractivity (Wildman–Crippen MR) is 208 cm³/mol. The number of hydrogen-bond donors (Lipinski definition) is 6. The molecular formula is C43H65BO6. The lowest BCUT2D eigenvalue weighted by atomic mass is 9.77. The van der Waals surface area contributed by atoms with Gasteiger partial charge in [0.2, 0.25) is 0 Å². The highest BCUT2D eigenvalue weighted by atomic mass is 16.4. The van der Waals surface area contributed by atoms with Crippen molar-refractivity contribution in [3.63, 3.8) is 0 Å². The fourth-order valence-electron chi connectivity index (χ4n) is 7.14. The van der Waals surface area contributed by atoms with Gasteiger partial charge in [-0.25, -0.2) is 0 Å². The summed E-state index contributed by atoms with van der Waals surface area (Å²) >= 11 is 0. The van der Waals surface area contributed by atoms with Crippen LogP contribution in [0.5, 0.6) is 23.0 Å². The lowest BCUT2D eigenvalue weighted by Gasteiger charge is -2.23. The minimum absolute atomic E-state index is 0.0521. The number of aromatic hydroxyl groups is 4. The smallest absolute Gasteiger partial charge is 0.488 e. The lowest BCUT2D eigenvalue weighted by Crippen LogP contribution is -2.29. The molecule has 0 aliphatic heterocycles. The van der Waals surface area contributed by atoms with E-state index in [0.29, 0.717) is 29.4 Å². The SMILES string of the molecule is CCCCCCCCCCCCc1cc(C(c2ccc(B(O)O)cc2)c2cc(CCCCCCCCCCCC)c(O)cc2O)c(O)cc1O. The molecule has 0 atom stereocenters. The van der Waals surface area contributed by atoms with Crippen LogP contribution in [0.1, 0.15) is 176 Å². The molecule has 276 valence electrons. The van der Waals surface area contributed by atoms with Gasteiger partial charge in [-0.3, -0.25) is 0 Å². The number of hydrogen-bond acceptors (Lipinski definition) is 6. The molecule has 0 unspecified atom stereocenters. The molecule has 7 heteroatoms. The van der Waals surface area contributed by atoms with Crippen molar-refractivity contribution in [3.8, 4) is 23.0 Å². The van der Waals surface area contributed by atoms with Crippen molar-refractivity contribution in [3.05, 3.63) is 76.3 Å². The summed E-state index contributed by atoms with van der Waals surface area (Å²) in [5.74, 6) is -0.699. The maximum absolute atomic E-state index is 11.2. The molecule has 0 spiro atoms. The summed E-state index contributed by atoms with van der Waals surface area (Å²) in [4.78, 5) is 0. The van der Waals surface area contributed by atoms with Gasteiger partial charge in [-0.2, -0.15) is 0 Å². The third kappa shape index (κ3) is 13.9. The molecule has 0 heterocycles. The van der Waals surface area contributed by atoms with E-state index in [-0.39, 0.29) is 23.0 Å². The third-order valence-corrected chi connectivity index (χ3v) is 10.2. The zero-order valence-corrected chi connectivity index (χ0v) is 31.0. The molecule has 6 N–H and O–H groups in total. The van der Waals surface area contributed by atoms with Crippen LogP contribution >= 0.6 is 0 Å². The molecule has 0 saturated carbocycles. The molecule has 0 aromatic heterocycles. The Morgan fingerprint density at radius 2 is 0.780 bits per heavy atom. The summed E-state index contributed by atoms with van der Waals surface area (Å²) in [7, 11) is -1.62. The van der Waals surface area contributed by atoms with E-state index in [1.165, 1.54) is 102 Å². The van der Waals surface area contributed by atoms with Crippen molar-refractivity contribution in [1.82, 2.24) is 0 Å². The molecule has 6 nitrogen and oxygen atoms in total. The first-order valence-electron chi connectivity index (χ1n) is 19.8. The van der Waals surface area contributed by atoms with Crippen LogP contribution in [-0.4, -0.2) is 37.6 Å². The molecule has 0 aliphatic carbocycles. The Morgan fingerprint density at radius 1 is 0.440 bits per heavy atom. The molecule has 0 aliphatic rings. The van der Waals surface area contributed by atoms with Gasteiger partial charge in [-0.15, -0.1) is 0 Å². The topological polar surface area (TPSA) is 121 Å². The Kier molecular flexibility index (Phi) is 19.3. The molecule has 0 bridgehead atoms. The van der Waals surface area contributed by atoms with Gasteiger partial charge in [0.1, 0.15) is 23.0 Å². The van der Waals surface area contributed by atoms with Crippen molar-refractivity contribution < 1.29 is 30.5 Å². The van der Waals surface area contributed by atoms with E-state index in [4.69, 9.17) is 0 Å². The molecule has 3 aromatic carbocycles. The molecule has 0 fully saturated rings. The highest BCUT2D eigenvalue weighted by molar-refractivity contribution is 6.58. The van der Waals surface area contributed by atoms with Gasteiger partial charge < -0.3 is 30.5 Å². The second kappa shape index (κ2) is 23.3. The predicted octanol–water partition coefficient (Wildman–Crippen LogP) is 10.3. The Labute approximate surface area is 302 Å². The van der Waals surface area contributed by atoms with Crippen LogP contribution < -0.4 is 5.46 Å². The summed E-state index contributed by atoms with van der Waals surface area (Å²) in [6, 6.07) is 13.2. The number of benzene rings is 3. The highest BCUT2D eigenvalue weighted by Crippen LogP contribution is 2.44. The summed E-state index contributed by atoms with van der Waals surface area (Å²) < 4.78 is 0. The summed E-state index contributed by atoms with van der Waals surface area (Å²) in [6.07, 6.45) is 25.7.